The Kier molecular flexibility index (Phi) is 13.9. The Morgan fingerprint density at radius 2 is 1.25 bits per heavy atom. The van der Waals surface area contributed by atoms with E-state index < -0.39 is 0 Å². The second kappa shape index (κ2) is 13.6. The highest BCUT2D eigenvalue weighted by Crippen LogP contribution is 2.14. The Bertz CT molecular complexity index is 389. The van der Waals surface area contributed by atoms with Gasteiger partial charge in [-0.2, -0.15) is 0 Å². The highest BCUT2D eigenvalue weighted by atomic mass is 16.2. The fraction of sp³-hybridized carbons (Fsp3) is 0.500. The molecule has 0 bridgehead atoms. The maximum Gasteiger partial charge on any atom is 0.194 e. The van der Waals surface area contributed by atoms with E-state index in [4.69, 9.17) is 0 Å². The maximum absolute atomic E-state index is 10.7. The molecule has 20 heavy (non-hydrogen) atoms. The molecule has 0 aliphatic carbocycles. The van der Waals surface area contributed by atoms with Crippen LogP contribution in [0.5, 0.6) is 0 Å². The maximum atomic E-state index is 10.7. The van der Waals surface area contributed by atoms with Gasteiger partial charge in [0.25, 0.3) is 0 Å². The first-order valence-corrected chi connectivity index (χ1v) is 6.85. The summed E-state index contributed by atoms with van der Waals surface area (Å²) in [5.41, 5.74) is 2.52. The van der Waals surface area contributed by atoms with Gasteiger partial charge in [-0.05, 0) is 36.0 Å². The number of ketones is 1. The molecule has 4 heteroatoms. The van der Waals surface area contributed by atoms with Crippen LogP contribution in [0, 0.1) is 0 Å². The van der Waals surface area contributed by atoms with Crippen molar-refractivity contribution in [3.05, 3.63) is 22.8 Å². The summed E-state index contributed by atoms with van der Waals surface area (Å²) in [7, 11) is 0. The molecule has 0 saturated carbocycles. The van der Waals surface area contributed by atoms with Gasteiger partial charge < -0.3 is 0 Å². The van der Waals surface area contributed by atoms with E-state index in [1.807, 2.05) is 26.8 Å². The van der Waals surface area contributed by atoms with Gasteiger partial charge in [-0.15, -0.1) is 0 Å². The van der Waals surface area contributed by atoms with Crippen molar-refractivity contribution in [3.63, 3.8) is 0 Å². The van der Waals surface area contributed by atoms with Crippen LogP contribution in [0.1, 0.15) is 53.4 Å². The Labute approximate surface area is 120 Å². The molecule has 0 aliphatic rings. The first kappa shape index (κ1) is 20.5. The topological polar surface area (TPSA) is 68.3 Å². The Morgan fingerprint density at radius 3 is 1.45 bits per heavy atom. The van der Waals surface area contributed by atoms with E-state index in [1.54, 1.807) is 6.92 Å². The van der Waals surface area contributed by atoms with Crippen LogP contribution >= 0.6 is 0 Å². The summed E-state index contributed by atoms with van der Waals surface area (Å²) in [6.45, 7) is 7.51. The molecule has 0 N–H and O–H groups in total. The van der Waals surface area contributed by atoms with E-state index in [9.17, 15) is 19.2 Å². The first-order chi connectivity index (χ1) is 9.53. The number of Topliss-reactive ketones (excluding diaryl/α,β-unsaturated/α-hetero) is 1. The molecule has 0 unspecified atom stereocenters. The number of carbonyl (C=O) groups is 4. The van der Waals surface area contributed by atoms with E-state index in [1.165, 1.54) is 0 Å². The monoisotopic (exact) mass is 280 g/mol. The molecular weight excluding hydrogens is 256 g/mol. The summed E-state index contributed by atoms with van der Waals surface area (Å²) in [6, 6.07) is 0. The summed E-state index contributed by atoms with van der Waals surface area (Å²) in [5.74, 6) is -0.338. The van der Waals surface area contributed by atoms with Crippen LogP contribution < -0.4 is 0 Å². The third kappa shape index (κ3) is 9.14. The molecular formula is C16H24O4. The Balaban J connectivity index is 0. The smallest absolute Gasteiger partial charge is 0.194 e. The van der Waals surface area contributed by atoms with Gasteiger partial charge in [0.2, 0.25) is 0 Å². The molecule has 0 aromatic carbocycles. The van der Waals surface area contributed by atoms with Crippen molar-refractivity contribution in [2.75, 3.05) is 0 Å². The molecule has 4 nitrogen and oxygen atoms in total. The SMILES string of the molecule is CCC(=O)C=O.CCC(C=O)=CC(CC)=C(C=O)CC. The lowest BCUT2D eigenvalue weighted by Gasteiger charge is -2.03. The summed E-state index contributed by atoms with van der Waals surface area (Å²) in [5, 5.41) is 0. The van der Waals surface area contributed by atoms with Crippen molar-refractivity contribution in [1.82, 2.24) is 0 Å². The van der Waals surface area contributed by atoms with Crippen LogP contribution in [0.25, 0.3) is 0 Å². The number of aldehydes is 3. The number of hydrogen-bond acceptors (Lipinski definition) is 4. The van der Waals surface area contributed by atoms with E-state index in [2.05, 4.69) is 0 Å². The molecule has 0 aliphatic heterocycles. The highest BCUT2D eigenvalue weighted by Gasteiger charge is 2.01. The van der Waals surface area contributed by atoms with Crippen LogP contribution in [0.4, 0.5) is 0 Å². The number of allylic oxidation sites excluding steroid dienone is 4. The Hall–Kier alpha value is -1.84. The van der Waals surface area contributed by atoms with E-state index >= 15 is 0 Å². The van der Waals surface area contributed by atoms with Crippen LogP contribution in [-0.4, -0.2) is 24.6 Å². The van der Waals surface area contributed by atoms with Gasteiger partial charge in [0, 0.05) is 6.42 Å². The van der Waals surface area contributed by atoms with Crippen molar-refractivity contribution in [2.24, 2.45) is 0 Å². The van der Waals surface area contributed by atoms with Crippen molar-refractivity contribution in [1.29, 1.82) is 0 Å². The van der Waals surface area contributed by atoms with Crippen molar-refractivity contribution < 1.29 is 19.2 Å². The summed E-state index contributed by atoms with van der Waals surface area (Å²) >= 11 is 0. The van der Waals surface area contributed by atoms with Crippen molar-refractivity contribution >= 4 is 24.6 Å². The lowest BCUT2D eigenvalue weighted by atomic mass is 10.0. The lowest BCUT2D eigenvalue weighted by Crippen LogP contribution is -1.92. The van der Waals surface area contributed by atoms with Gasteiger partial charge >= 0.3 is 0 Å². The second-order valence-electron chi connectivity index (χ2n) is 4.00. The van der Waals surface area contributed by atoms with Crippen molar-refractivity contribution in [3.8, 4) is 0 Å². The Morgan fingerprint density at radius 1 is 0.700 bits per heavy atom. The van der Waals surface area contributed by atoms with Crippen LogP contribution in [0.2, 0.25) is 0 Å². The largest absolute Gasteiger partial charge is 0.298 e. The summed E-state index contributed by atoms with van der Waals surface area (Å²) in [4.78, 5) is 40.5. The zero-order valence-corrected chi connectivity index (χ0v) is 12.8. The molecule has 0 atom stereocenters. The predicted octanol–water partition coefficient (Wildman–Crippen LogP) is 3.00. The van der Waals surface area contributed by atoms with Gasteiger partial charge in [0.15, 0.2) is 12.1 Å². The average Bonchev–Trinajstić information content (AvgIpc) is 2.51. The minimum absolute atomic E-state index is 0.323. The molecule has 112 valence electrons. The van der Waals surface area contributed by atoms with Gasteiger partial charge in [0.1, 0.15) is 12.6 Å². The fourth-order valence-electron chi connectivity index (χ4n) is 1.33. The molecule has 0 radical (unpaired) electrons. The van der Waals surface area contributed by atoms with Crippen molar-refractivity contribution in [2.45, 2.75) is 53.4 Å². The summed E-state index contributed by atoms with van der Waals surface area (Å²) in [6.07, 6.45) is 6.45. The fourth-order valence-corrected chi connectivity index (χ4v) is 1.33. The molecule has 0 aromatic heterocycles. The van der Waals surface area contributed by atoms with E-state index in [0.29, 0.717) is 19.1 Å². The first-order valence-electron chi connectivity index (χ1n) is 6.85. The van der Waals surface area contributed by atoms with Crippen LogP contribution in [-0.2, 0) is 19.2 Å². The minimum Gasteiger partial charge on any atom is -0.298 e. The molecule has 0 rings (SSSR count). The lowest BCUT2D eigenvalue weighted by molar-refractivity contribution is -0.129. The van der Waals surface area contributed by atoms with Gasteiger partial charge in [-0.25, -0.2) is 0 Å². The molecule has 0 saturated heterocycles. The molecule has 0 amide bonds. The van der Waals surface area contributed by atoms with Crippen LogP contribution in [0.3, 0.4) is 0 Å². The number of rotatable bonds is 8. The molecule has 0 fully saturated rings. The molecule has 0 aromatic rings. The molecule has 0 heterocycles. The third-order valence-corrected chi connectivity index (χ3v) is 2.72. The van der Waals surface area contributed by atoms with Crippen LogP contribution in [0.15, 0.2) is 22.8 Å². The van der Waals surface area contributed by atoms with E-state index in [0.717, 1.165) is 42.1 Å². The highest BCUT2D eigenvalue weighted by molar-refractivity contribution is 6.24. The van der Waals surface area contributed by atoms with Gasteiger partial charge in [-0.3, -0.25) is 19.2 Å². The minimum atomic E-state index is -0.338. The van der Waals surface area contributed by atoms with Gasteiger partial charge in [-0.1, -0.05) is 33.8 Å². The average molecular weight is 280 g/mol. The zero-order valence-electron chi connectivity index (χ0n) is 12.8. The van der Waals surface area contributed by atoms with Gasteiger partial charge in [0.05, 0.1) is 0 Å². The van der Waals surface area contributed by atoms with E-state index in [-0.39, 0.29) is 5.78 Å². The second-order valence-corrected chi connectivity index (χ2v) is 4.00. The third-order valence-electron chi connectivity index (χ3n) is 2.72. The number of hydrogen-bond donors (Lipinski definition) is 0. The predicted molar refractivity (Wildman–Crippen MR) is 79.5 cm³/mol. The zero-order chi connectivity index (χ0) is 16.0. The quantitative estimate of drug-likeness (QED) is 0.296. The number of carbonyl (C=O) groups excluding carboxylic acids is 4. The summed E-state index contributed by atoms with van der Waals surface area (Å²) < 4.78 is 0. The normalized spacial score (nSPS) is 11.7. The standard InChI is InChI=1S/C12H18O2.C4H6O2/c1-4-10(8-13)7-11(5-2)12(6-3)9-14;1-2-4(6)3-5/h7-9H,4-6H2,1-3H3;3H,2H2,1H3. The molecule has 0 spiro atoms.